The Hall–Kier alpha value is -2.40. The summed E-state index contributed by atoms with van der Waals surface area (Å²) in [5.41, 5.74) is 4.62. The Bertz CT molecular complexity index is 831. The average molecular weight is 394 g/mol. The molecule has 0 unspecified atom stereocenters. The quantitative estimate of drug-likeness (QED) is 0.778. The first-order valence-corrected chi connectivity index (χ1v) is 10.9. The number of hydrogen-bond donors (Lipinski definition) is 1. The van der Waals surface area contributed by atoms with E-state index in [9.17, 15) is 4.79 Å². The van der Waals surface area contributed by atoms with Gasteiger partial charge >= 0.3 is 0 Å². The molecule has 1 aromatic carbocycles. The first-order chi connectivity index (χ1) is 14.2. The molecule has 1 fully saturated rings. The van der Waals surface area contributed by atoms with Crippen LogP contribution in [0.4, 0.5) is 0 Å². The van der Waals surface area contributed by atoms with Crippen LogP contribution in [-0.2, 0) is 19.4 Å². The second kappa shape index (κ2) is 9.40. The minimum absolute atomic E-state index is 0.106. The Morgan fingerprint density at radius 2 is 2.00 bits per heavy atom. The molecule has 0 spiro atoms. The Morgan fingerprint density at radius 1 is 1.17 bits per heavy atom. The number of nitrogens with zero attached hydrogens (tertiary/aromatic N) is 2. The monoisotopic (exact) mass is 393 g/mol. The number of aromatic nitrogens is 1. The molecule has 1 amide bonds. The van der Waals surface area contributed by atoms with E-state index in [2.05, 4.69) is 40.3 Å². The van der Waals surface area contributed by atoms with Crippen LogP contribution in [0.25, 0.3) is 0 Å². The van der Waals surface area contributed by atoms with Gasteiger partial charge in [0.25, 0.3) is 5.91 Å². The standard InChI is InChI=1S/C24H31N3O2/c1-2-14-29-23-9-8-21(17-25-23)24(28)26-16-18-6-7-19-10-12-27(22-4-3-5-22)13-11-20(19)15-18/h6-9,15,17,22H,2-5,10-14,16H2,1H3,(H,26,28). The number of rotatable bonds is 7. The fourth-order valence-electron chi connectivity index (χ4n) is 4.11. The summed E-state index contributed by atoms with van der Waals surface area (Å²) < 4.78 is 5.47. The van der Waals surface area contributed by atoms with Crippen molar-refractivity contribution in [3.63, 3.8) is 0 Å². The Kier molecular flexibility index (Phi) is 6.45. The molecule has 5 heteroatoms. The normalized spacial score (nSPS) is 17.1. The van der Waals surface area contributed by atoms with Crippen molar-refractivity contribution in [2.24, 2.45) is 0 Å². The average Bonchev–Trinajstić information content (AvgIpc) is 2.92. The van der Waals surface area contributed by atoms with Gasteiger partial charge in [-0.05, 0) is 54.9 Å². The molecule has 2 heterocycles. The molecule has 1 saturated carbocycles. The summed E-state index contributed by atoms with van der Waals surface area (Å²) in [5.74, 6) is 0.454. The predicted octanol–water partition coefficient (Wildman–Crippen LogP) is 3.75. The second-order valence-electron chi connectivity index (χ2n) is 8.14. The highest BCUT2D eigenvalue weighted by atomic mass is 16.5. The molecule has 0 saturated heterocycles. The molecule has 2 aliphatic rings. The van der Waals surface area contributed by atoms with Crippen LogP contribution in [0, 0.1) is 0 Å². The summed E-state index contributed by atoms with van der Waals surface area (Å²) in [4.78, 5) is 19.3. The second-order valence-corrected chi connectivity index (χ2v) is 8.14. The van der Waals surface area contributed by atoms with E-state index in [1.165, 1.54) is 36.9 Å². The topological polar surface area (TPSA) is 54.5 Å². The van der Waals surface area contributed by atoms with Crippen molar-refractivity contribution >= 4 is 5.91 Å². The highest BCUT2D eigenvalue weighted by Gasteiger charge is 2.26. The molecule has 2 aromatic rings. The van der Waals surface area contributed by atoms with Crippen LogP contribution in [0.5, 0.6) is 5.88 Å². The van der Waals surface area contributed by atoms with Crippen molar-refractivity contribution in [2.75, 3.05) is 19.7 Å². The van der Waals surface area contributed by atoms with Gasteiger partial charge in [-0.2, -0.15) is 0 Å². The third kappa shape index (κ3) is 4.96. The van der Waals surface area contributed by atoms with E-state index < -0.39 is 0 Å². The molecule has 29 heavy (non-hydrogen) atoms. The highest BCUT2D eigenvalue weighted by molar-refractivity contribution is 5.93. The zero-order valence-corrected chi connectivity index (χ0v) is 17.3. The van der Waals surface area contributed by atoms with Gasteiger partial charge in [0.15, 0.2) is 0 Å². The van der Waals surface area contributed by atoms with Gasteiger partial charge in [-0.3, -0.25) is 9.69 Å². The molecule has 4 rings (SSSR count). The van der Waals surface area contributed by atoms with E-state index in [1.54, 1.807) is 18.3 Å². The molecule has 0 bridgehead atoms. The van der Waals surface area contributed by atoms with Crippen LogP contribution in [-0.4, -0.2) is 41.5 Å². The largest absolute Gasteiger partial charge is 0.478 e. The lowest BCUT2D eigenvalue weighted by atomic mass is 9.91. The summed E-state index contributed by atoms with van der Waals surface area (Å²) in [6.07, 6.45) is 8.88. The van der Waals surface area contributed by atoms with Crippen molar-refractivity contribution < 1.29 is 9.53 Å². The van der Waals surface area contributed by atoms with E-state index in [-0.39, 0.29) is 5.91 Å². The summed E-state index contributed by atoms with van der Waals surface area (Å²) >= 11 is 0. The number of carbonyl (C=O) groups excluding carboxylic acids is 1. The lowest BCUT2D eigenvalue weighted by molar-refractivity contribution is 0.0950. The molecule has 0 radical (unpaired) electrons. The number of ether oxygens (including phenoxy) is 1. The van der Waals surface area contributed by atoms with Crippen molar-refractivity contribution in [2.45, 2.75) is 58.0 Å². The maximum absolute atomic E-state index is 12.4. The number of benzene rings is 1. The number of carbonyl (C=O) groups is 1. The van der Waals surface area contributed by atoms with Crippen LogP contribution in [0.2, 0.25) is 0 Å². The molecular weight excluding hydrogens is 362 g/mol. The molecule has 0 atom stereocenters. The smallest absolute Gasteiger partial charge is 0.253 e. The number of pyridine rings is 1. The zero-order chi connectivity index (χ0) is 20.1. The van der Waals surface area contributed by atoms with Crippen molar-refractivity contribution in [1.29, 1.82) is 0 Å². The summed E-state index contributed by atoms with van der Waals surface area (Å²) in [6.45, 7) is 5.56. The van der Waals surface area contributed by atoms with Gasteiger partial charge in [0.1, 0.15) is 0 Å². The third-order valence-corrected chi connectivity index (χ3v) is 6.10. The lowest BCUT2D eigenvalue weighted by Crippen LogP contribution is -2.41. The molecular formula is C24H31N3O2. The summed E-state index contributed by atoms with van der Waals surface area (Å²) in [6, 6.07) is 11.0. The highest BCUT2D eigenvalue weighted by Crippen LogP contribution is 2.27. The first-order valence-electron chi connectivity index (χ1n) is 10.9. The van der Waals surface area contributed by atoms with E-state index in [0.29, 0.717) is 24.6 Å². The molecule has 1 aliphatic heterocycles. The van der Waals surface area contributed by atoms with Gasteiger partial charge in [0, 0.05) is 37.9 Å². The van der Waals surface area contributed by atoms with Gasteiger partial charge < -0.3 is 10.1 Å². The Balaban J connectivity index is 1.32. The van der Waals surface area contributed by atoms with Gasteiger partial charge in [-0.1, -0.05) is 31.5 Å². The zero-order valence-electron chi connectivity index (χ0n) is 17.3. The minimum atomic E-state index is -0.106. The third-order valence-electron chi connectivity index (χ3n) is 6.10. The fourth-order valence-corrected chi connectivity index (χ4v) is 4.11. The Morgan fingerprint density at radius 3 is 2.69 bits per heavy atom. The van der Waals surface area contributed by atoms with E-state index >= 15 is 0 Å². The summed E-state index contributed by atoms with van der Waals surface area (Å²) in [5, 5.41) is 3.02. The van der Waals surface area contributed by atoms with Crippen LogP contribution >= 0.6 is 0 Å². The van der Waals surface area contributed by atoms with Crippen LogP contribution < -0.4 is 10.1 Å². The number of hydrogen-bond acceptors (Lipinski definition) is 4. The van der Waals surface area contributed by atoms with Gasteiger partial charge in [-0.15, -0.1) is 0 Å². The first kappa shape index (κ1) is 19.9. The lowest BCUT2D eigenvalue weighted by Gasteiger charge is -2.36. The maximum atomic E-state index is 12.4. The van der Waals surface area contributed by atoms with Crippen molar-refractivity contribution in [3.05, 3.63) is 58.8 Å². The number of fused-ring (bicyclic) bond motifs is 1. The SMILES string of the molecule is CCCOc1ccc(C(=O)NCc2ccc3c(c2)CCN(C2CCC2)CC3)cn1. The van der Waals surface area contributed by atoms with E-state index in [4.69, 9.17) is 4.74 Å². The van der Waals surface area contributed by atoms with Gasteiger partial charge in [0.05, 0.1) is 12.2 Å². The van der Waals surface area contributed by atoms with Crippen LogP contribution in [0.1, 0.15) is 59.7 Å². The molecule has 154 valence electrons. The van der Waals surface area contributed by atoms with Gasteiger partial charge in [-0.25, -0.2) is 4.98 Å². The fraction of sp³-hybridized carbons (Fsp3) is 0.500. The minimum Gasteiger partial charge on any atom is -0.478 e. The van der Waals surface area contributed by atoms with Crippen LogP contribution in [0.15, 0.2) is 36.5 Å². The molecule has 5 nitrogen and oxygen atoms in total. The van der Waals surface area contributed by atoms with Crippen LogP contribution in [0.3, 0.4) is 0 Å². The summed E-state index contributed by atoms with van der Waals surface area (Å²) in [7, 11) is 0. The molecule has 1 N–H and O–H groups in total. The van der Waals surface area contributed by atoms with Gasteiger partial charge in [0.2, 0.25) is 5.88 Å². The predicted molar refractivity (Wildman–Crippen MR) is 114 cm³/mol. The Labute approximate surface area is 173 Å². The number of nitrogens with one attached hydrogen (secondary N) is 1. The van der Waals surface area contributed by atoms with E-state index in [0.717, 1.165) is 37.4 Å². The maximum Gasteiger partial charge on any atom is 0.253 e. The van der Waals surface area contributed by atoms with Crippen molar-refractivity contribution in [1.82, 2.24) is 15.2 Å². The number of amides is 1. The van der Waals surface area contributed by atoms with Crippen molar-refractivity contribution in [3.8, 4) is 5.88 Å². The molecule has 1 aliphatic carbocycles. The van der Waals surface area contributed by atoms with E-state index in [1.807, 2.05) is 0 Å². The molecule has 1 aromatic heterocycles.